The molecule has 0 radical (unpaired) electrons. The van der Waals surface area contributed by atoms with Gasteiger partial charge in [-0.1, -0.05) is 67.8 Å². The normalized spacial score (nSPS) is 15.7. The lowest BCUT2D eigenvalue weighted by molar-refractivity contribution is -0.115. The van der Waals surface area contributed by atoms with Crippen LogP contribution in [0.3, 0.4) is 0 Å². The first-order chi connectivity index (χ1) is 15.7. The van der Waals surface area contributed by atoms with Crippen LogP contribution in [0, 0.1) is 0 Å². The van der Waals surface area contributed by atoms with Crippen LogP contribution in [-0.4, -0.2) is 21.0 Å². The van der Waals surface area contributed by atoms with E-state index < -0.39 is 0 Å². The maximum Gasteiger partial charge on any atom is 0.229 e. The maximum absolute atomic E-state index is 12.9. The Morgan fingerprint density at radius 1 is 0.969 bits per heavy atom. The van der Waals surface area contributed by atoms with Crippen LogP contribution in [0.15, 0.2) is 48.5 Å². The number of amides is 1. The molecular formula is C27H29N3O2. The summed E-state index contributed by atoms with van der Waals surface area (Å²) in [4.78, 5) is 23.0. The van der Waals surface area contributed by atoms with Crippen molar-refractivity contribution in [1.82, 2.24) is 9.97 Å². The van der Waals surface area contributed by atoms with Gasteiger partial charge in [0.2, 0.25) is 5.91 Å². The number of benzene rings is 2. The molecule has 1 aromatic heterocycles. The number of anilines is 1. The molecule has 1 saturated carbocycles. The SMILES string of the molecule is O=C(Cc1ccccc1)Nc1nc2c(nc1C1CCCCC1)-c1ccc(CO)cc1CC2. The summed E-state index contributed by atoms with van der Waals surface area (Å²) < 4.78 is 0. The van der Waals surface area contributed by atoms with Crippen LogP contribution in [0.2, 0.25) is 0 Å². The van der Waals surface area contributed by atoms with Crippen molar-refractivity contribution in [2.24, 2.45) is 0 Å². The van der Waals surface area contributed by atoms with Gasteiger partial charge in [0.25, 0.3) is 0 Å². The molecule has 0 aliphatic heterocycles. The predicted octanol–water partition coefficient (Wildman–Crippen LogP) is 4.96. The molecular weight excluding hydrogens is 398 g/mol. The highest BCUT2D eigenvalue weighted by molar-refractivity contribution is 5.92. The molecule has 2 aromatic carbocycles. The average molecular weight is 428 g/mol. The van der Waals surface area contributed by atoms with Crippen molar-refractivity contribution in [2.75, 3.05) is 5.32 Å². The highest BCUT2D eigenvalue weighted by Gasteiger charge is 2.27. The number of rotatable bonds is 5. The molecule has 0 spiro atoms. The number of hydrogen-bond acceptors (Lipinski definition) is 4. The summed E-state index contributed by atoms with van der Waals surface area (Å²) >= 11 is 0. The van der Waals surface area contributed by atoms with Gasteiger partial charge in [-0.25, -0.2) is 9.97 Å². The second-order valence-electron chi connectivity index (χ2n) is 8.95. The molecule has 0 saturated heterocycles. The number of carbonyl (C=O) groups excluding carboxylic acids is 1. The van der Waals surface area contributed by atoms with E-state index in [0.717, 1.165) is 59.5 Å². The van der Waals surface area contributed by atoms with Crippen molar-refractivity contribution < 1.29 is 9.90 Å². The van der Waals surface area contributed by atoms with E-state index in [0.29, 0.717) is 18.2 Å². The van der Waals surface area contributed by atoms with Gasteiger partial charge in [0, 0.05) is 11.5 Å². The Hall–Kier alpha value is -3.05. The molecule has 2 aliphatic carbocycles. The van der Waals surface area contributed by atoms with Gasteiger partial charge in [0.05, 0.1) is 30.1 Å². The predicted molar refractivity (Wildman–Crippen MR) is 125 cm³/mol. The molecule has 0 atom stereocenters. The summed E-state index contributed by atoms with van der Waals surface area (Å²) in [5.41, 5.74) is 7.07. The second-order valence-corrected chi connectivity index (χ2v) is 8.95. The van der Waals surface area contributed by atoms with E-state index in [-0.39, 0.29) is 12.5 Å². The Bertz CT molecular complexity index is 1120. The largest absolute Gasteiger partial charge is 0.392 e. The molecule has 0 unspecified atom stereocenters. The standard InChI is InChI=1S/C27H29N3O2/c31-17-19-11-13-22-21(15-19)12-14-23-26(22)30-25(20-9-5-2-6-10-20)27(28-23)29-24(32)16-18-7-3-1-4-8-18/h1,3-4,7-8,11,13,15,20,31H,2,5-6,9-10,12,14,16-17H2,(H,28,29,32). The molecule has 5 nitrogen and oxygen atoms in total. The Morgan fingerprint density at radius 3 is 2.56 bits per heavy atom. The van der Waals surface area contributed by atoms with Crippen LogP contribution in [-0.2, 0) is 30.7 Å². The molecule has 1 amide bonds. The summed E-state index contributed by atoms with van der Waals surface area (Å²) in [5, 5.41) is 12.6. The fraction of sp³-hybridized carbons (Fsp3) is 0.370. The van der Waals surface area contributed by atoms with Crippen molar-refractivity contribution in [2.45, 2.75) is 63.9 Å². The van der Waals surface area contributed by atoms with Crippen LogP contribution in [0.5, 0.6) is 0 Å². The van der Waals surface area contributed by atoms with Crippen LogP contribution >= 0.6 is 0 Å². The zero-order valence-electron chi connectivity index (χ0n) is 18.3. The van der Waals surface area contributed by atoms with Crippen molar-refractivity contribution in [3.05, 3.63) is 76.6 Å². The molecule has 2 aliphatic rings. The number of aliphatic hydroxyl groups excluding tert-OH is 1. The molecule has 164 valence electrons. The minimum Gasteiger partial charge on any atom is -0.392 e. The summed E-state index contributed by atoms with van der Waals surface area (Å²) in [5.74, 6) is 0.925. The lowest BCUT2D eigenvalue weighted by Gasteiger charge is -2.26. The number of fused-ring (bicyclic) bond motifs is 3. The number of aromatic nitrogens is 2. The molecule has 5 heteroatoms. The van der Waals surface area contributed by atoms with Crippen LogP contribution in [0.1, 0.15) is 66.1 Å². The fourth-order valence-electron chi connectivity index (χ4n) is 5.02. The highest BCUT2D eigenvalue weighted by Crippen LogP contribution is 2.39. The van der Waals surface area contributed by atoms with Gasteiger partial charge in [0.15, 0.2) is 5.82 Å². The molecule has 1 fully saturated rings. The molecule has 32 heavy (non-hydrogen) atoms. The average Bonchev–Trinajstić information content (AvgIpc) is 2.84. The fourth-order valence-corrected chi connectivity index (χ4v) is 5.02. The summed E-state index contributed by atoms with van der Waals surface area (Å²) in [6, 6.07) is 15.9. The Morgan fingerprint density at radius 2 is 1.78 bits per heavy atom. The zero-order valence-corrected chi connectivity index (χ0v) is 18.3. The van der Waals surface area contributed by atoms with Gasteiger partial charge in [-0.3, -0.25) is 4.79 Å². The smallest absolute Gasteiger partial charge is 0.229 e. The number of nitrogens with zero attached hydrogens (tertiary/aromatic N) is 2. The van der Waals surface area contributed by atoms with E-state index in [2.05, 4.69) is 17.4 Å². The Kier molecular flexibility index (Phi) is 5.99. The summed E-state index contributed by atoms with van der Waals surface area (Å²) in [7, 11) is 0. The van der Waals surface area contributed by atoms with Crippen molar-refractivity contribution in [3.8, 4) is 11.3 Å². The monoisotopic (exact) mass is 427 g/mol. The third-order valence-corrected chi connectivity index (χ3v) is 6.69. The van der Waals surface area contributed by atoms with Gasteiger partial charge in [-0.05, 0) is 42.4 Å². The van der Waals surface area contributed by atoms with E-state index in [1.807, 2.05) is 36.4 Å². The zero-order chi connectivity index (χ0) is 21.9. The Balaban J connectivity index is 1.50. The van der Waals surface area contributed by atoms with Gasteiger partial charge < -0.3 is 10.4 Å². The number of nitrogens with one attached hydrogen (secondary N) is 1. The first-order valence-electron chi connectivity index (χ1n) is 11.7. The van der Waals surface area contributed by atoms with Crippen molar-refractivity contribution in [1.29, 1.82) is 0 Å². The first-order valence-corrected chi connectivity index (χ1v) is 11.7. The number of hydrogen-bond donors (Lipinski definition) is 2. The van der Waals surface area contributed by atoms with Crippen molar-refractivity contribution >= 4 is 11.7 Å². The minimum atomic E-state index is -0.0497. The van der Waals surface area contributed by atoms with Crippen LogP contribution in [0.25, 0.3) is 11.3 Å². The third kappa shape index (κ3) is 4.30. The summed E-state index contributed by atoms with van der Waals surface area (Å²) in [6.07, 6.45) is 7.81. The summed E-state index contributed by atoms with van der Waals surface area (Å²) in [6.45, 7) is 0.0471. The topological polar surface area (TPSA) is 75.1 Å². The lowest BCUT2D eigenvalue weighted by Crippen LogP contribution is -2.21. The molecule has 5 rings (SSSR count). The second kappa shape index (κ2) is 9.21. The van der Waals surface area contributed by atoms with Gasteiger partial charge >= 0.3 is 0 Å². The van der Waals surface area contributed by atoms with Crippen LogP contribution < -0.4 is 5.32 Å². The van der Waals surface area contributed by atoms with Gasteiger partial charge in [-0.15, -0.1) is 0 Å². The van der Waals surface area contributed by atoms with Gasteiger partial charge in [-0.2, -0.15) is 0 Å². The van der Waals surface area contributed by atoms with E-state index in [9.17, 15) is 9.90 Å². The Labute approximate surface area is 188 Å². The molecule has 1 heterocycles. The quantitative estimate of drug-likeness (QED) is 0.603. The minimum absolute atomic E-state index is 0.0471. The molecule has 2 N–H and O–H groups in total. The number of aliphatic hydroxyl groups is 1. The highest BCUT2D eigenvalue weighted by atomic mass is 16.3. The number of aryl methyl sites for hydroxylation is 2. The van der Waals surface area contributed by atoms with Gasteiger partial charge in [0.1, 0.15) is 0 Å². The number of carbonyl (C=O) groups is 1. The lowest BCUT2D eigenvalue weighted by atomic mass is 9.85. The van der Waals surface area contributed by atoms with Crippen molar-refractivity contribution in [3.63, 3.8) is 0 Å². The maximum atomic E-state index is 12.9. The van der Waals surface area contributed by atoms with E-state index in [1.54, 1.807) is 0 Å². The van der Waals surface area contributed by atoms with Crippen LogP contribution in [0.4, 0.5) is 5.82 Å². The molecule has 3 aromatic rings. The molecule has 0 bridgehead atoms. The third-order valence-electron chi connectivity index (χ3n) is 6.69. The first kappa shape index (κ1) is 20.8. The van der Waals surface area contributed by atoms with E-state index >= 15 is 0 Å². The van der Waals surface area contributed by atoms with E-state index in [4.69, 9.17) is 9.97 Å². The van der Waals surface area contributed by atoms with E-state index in [1.165, 1.54) is 24.8 Å².